The first-order valence-electron chi connectivity index (χ1n) is 8.77. The molecule has 0 heterocycles. The molecule has 2 amide bonds. The molecule has 0 spiro atoms. The van der Waals surface area contributed by atoms with E-state index in [4.69, 9.17) is 5.11 Å². The van der Waals surface area contributed by atoms with Crippen molar-refractivity contribution < 1.29 is 19.5 Å². The van der Waals surface area contributed by atoms with Gasteiger partial charge in [0.15, 0.2) is 0 Å². The lowest BCUT2D eigenvalue weighted by atomic mass is 9.81. The number of carboxylic acid groups (broad SMARTS) is 1. The zero-order valence-corrected chi connectivity index (χ0v) is 14.8. The van der Waals surface area contributed by atoms with Gasteiger partial charge in [-0.2, -0.15) is 0 Å². The van der Waals surface area contributed by atoms with Gasteiger partial charge in [-0.05, 0) is 44.0 Å². The number of anilines is 1. The number of aliphatic carboxylic acids is 1. The summed E-state index contributed by atoms with van der Waals surface area (Å²) in [7, 11) is 0. The number of benzene rings is 1. The molecule has 0 aliphatic heterocycles. The average molecular weight is 346 g/mol. The molecule has 1 aliphatic carbocycles. The summed E-state index contributed by atoms with van der Waals surface area (Å²) in [5, 5.41) is 14.2. The second-order valence-electron chi connectivity index (χ2n) is 7.04. The van der Waals surface area contributed by atoms with Gasteiger partial charge in [-0.15, -0.1) is 0 Å². The number of hydrogen-bond acceptors (Lipinski definition) is 3. The Morgan fingerprint density at radius 2 is 1.60 bits per heavy atom. The third kappa shape index (κ3) is 5.05. The molecule has 1 fully saturated rings. The molecule has 3 N–H and O–H groups in total. The van der Waals surface area contributed by atoms with E-state index in [0.717, 1.165) is 25.7 Å². The fraction of sp³-hybridized carbons (Fsp3) is 0.526. The molecule has 1 aliphatic rings. The first kappa shape index (κ1) is 19.0. The van der Waals surface area contributed by atoms with Crippen molar-refractivity contribution in [3.63, 3.8) is 0 Å². The molecule has 1 aromatic carbocycles. The van der Waals surface area contributed by atoms with Crippen LogP contribution in [-0.4, -0.2) is 28.9 Å². The Morgan fingerprint density at radius 1 is 1.04 bits per heavy atom. The van der Waals surface area contributed by atoms with Crippen molar-refractivity contribution in [2.45, 2.75) is 58.4 Å². The van der Waals surface area contributed by atoms with Crippen LogP contribution < -0.4 is 10.6 Å². The minimum absolute atomic E-state index is 0.0195. The number of nitrogens with one attached hydrogen (secondary N) is 2. The first-order chi connectivity index (χ1) is 11.8. The Balaban J connectivity index is 1.98. The molecule has 0 saturated heterocycles. The highest BCUT2D eigenvalue weighted by Gasteiger charge is 2.33. The fourth-order valence-corrected chi connectivity index (χ4v) is 3.06. The Morgan fingerprint density at radius 3 is 2.12 bits per heavy atom. The van der Waals surface area contributed by atoms with Gasteiger partial charge in [-0.1, -0.05) is 32.6 Å². The van der Waals surface area contributed by atoms with Crippen molar-refractivity contribution in [1.82, 2.24) is 5.32 Å². The van der Waals surface area contributed by atoms with Crippen LogP contribution in [-0.2, 0) is 9.59 Å². The lowest BCUT2D eigenvalue weighted by molar-refractivity contribution is -0.138. The third-order valence-corrected chi connectivity index (χ3v) is 4.88. The predicted octanol–water partition coefficient (Wildman–Crippen LogP) is 3.19. The van der Waals surface area contributed by atoms with E-state index in [-0.39, 0.29) is 11.3 Å². The minimum atomic E-state index is -1.09. The van der Waals surface area contributed by atoms with Gasteiger partial charge in [0, 0.05) is 16.7 Å². The van der Waals surface area contributed by atoms with Crippen molar-refractivity contribution in [3.05, 3.63) is 29.8 Å². The van der Waals surface area contributed by atoms with E-state index in [0.29, 0.717) is 11.3 Å². The van der Waals surface area contributed by atoms with Crippen LogP contribution in [0.5, 0.6) is 0 Å². The summed E-state index contributed by atoms with van der Waals surface area (Å²) >= 11 is 0. The Hall–Kier alpha value is -2.37. The quantitative estimate of drug-likeness (QED) is 0.714. The third-order valence-electron chi connectivity index (χ3n) is 4.88. The van der Waals surface area contributed by atoms with Gasteiger partial charge in [0.2, 0.25) is 5.91 Å². The molecule has 6 heteroatoms. The molecule has 1 saturated carbocycles. The number of rotatable bonds is 5. The Kier molecular flexibility index (Phi) is 6.17. The van der Waals surface area contributed by atoms with Crippen LogP contribution in [0.3, 0.4) is 0 Å². The molecule has 136 valence electrons. The van der Waals surface area contributed by atoms with E-state index < -0.39 is 17.9 Å². The van der Waals surface area contributed by atoms with Crippen LogP contribution in [0.1, 0.15) is 62.7 Å². The lowest BCUT2D eigenvalue weighted by Gasteiger charge is -2.26. The maximum absolute atomic E-state index is 12.6. The second-order valence-corrected chi connectivity index (χ2v) is 7.04. The van der Waals surface area contributed by atoms with Crippen LogP contribution in [0.15, 0.2) is 24.3 Å². The summed E-state index contributed by atoms with van der Waals surface area (Å²) in [6, 6.07) is 5.53. The van der Waals surface area contributed by atoms with Crippen molar-refractivity contribution in [3.8, 4) is 0 Å². The number of carbonyl (C=O) groups is 3. The summed E-state index contributed by atoms with van der Waals surface area (Å²) < 4.78 is 0. The lowest BCUT2D eigenvalue weighted by Crippen LogP contribution is -2.38. The molecule has 2 rings (SSSR count). The molecule has 25 heavy (non-hydrogen) atoms. The van der Waals surface area contributed by atoms with Gasteiger partial charge < -0.3 is 15.7 Å². The van der Waals surface area contributed by atoms with Gasteiger partial charge in [0.25, 0.3) is 5.91 Å². The van der Waals surface area contributed by atoms with Crippen LogP contribution in [0, 0.1) is 5.41 Å². The van der Waals surface area contributed by atoms with Gasteiger partial charge >= 0.3 is 5.97 Å². The van der Waals surface area contributed by atoms with E-state index in [2.05, 4.69) is 10.6 Å². The Bertz CT molecular complexity index is 631. The molecule has 0 aromatic heterocycles. The normalized spacial score (nSPS) is 17.8. The molecule has 6 nitrogen and oxygen atoms in total. The fourth-order valence-electron chi connectivity index (χ4n) is 3.06. The highest BCUT2D eigenvalue weighted by atomic mass is 16.4. The van der Waals surface area contributed by atoms with Crippen LogP contribution in [0.2, 0.25) is 0 Å². The van der Waals surface area contributed by atoms with Crippen molar-refractivity contribution in [2.24, 2.45) is 5.41 Å². The molecule has 1 atom stereocenters. The smallest absolute Gasteiger partial charge is 0.325 e. The summed E-state index contributed by atoms with van der Waals surface area (Å²) in [4.78, 5) is 35.4. The van der Waals surface area contributed by atoms with E-state index >= 15 is 0 Å². The average Bonchev–Trinajstić information content (AvgIpc) is 2.81. The predicted molar refractivity (Wildman–Crippen MR) is 95.4 cm³/mol. The van der Waals surface area contributed by atoms with E-state index in [1.807, 2.05) is 6.92 Å². The van der Waals surface area contributed by atoms with Crippen LogP contribution >= 0.6 is 0 Å². The monoisotopic (exact) mass is 346 g/mol. The maximum Gasteiger partial charge on any atom is 0.325 e. The Labute approximate surface area is 148 Å². The van der Waals surface area contributed by atoms with E-state index in [1.54, 1.807) is 24.3 Å². The number of amides is 2. The summed E-state index contributed by atoms with van der Waals surface area (Å²) in [5.74, 6) is -1.52. The number of carboxylic acids is 1. The largest absolute Gasteiger partial charge is 0.480 e. The summed E-state index contributed by atoms with van der Waals surface area (Å²) in [6.45, 7) is 3.42. The highest BCUT2D eigenvalue weighted by Crippen LogP contribution is 2.35. The number of carbonyl (C=O) groups excluding carboxylic acids is 2. The molecular formula is C19H26N2O4. The van der Waals surface area contributed by atoms with Gasteiger partial charge in [-0.3, -0.25) is 14.4 Å². The van der Waals surface area contributed by atoms with Gasteiger partial charge in [0.1, 0.15) is 6.04 Å². The molecule has 0 radical (unpaired) electrons. The van der Waals surface area contributed by atoms with E-state index in [1.165, 1.54) is 19.8 Å². The summed E-state index contributed by atoms with van der Waals surface area (Å²) in [6.07, 6.45) is 6.30. The van der Waals surface area contributed by atoms with Crippen molar-refractivity contribution in [1.29, 1.82) is 0 Å². The molecular weight excluding hydrogens is 320 g/mol. The molecule has 0 bridgehead atoms. The standard InChI is InChI=1S/C19H26N2O4/c1-13(17(23)24)20-16(22)14-7-9-15(10-8-14)21-18(25)19(2)11-5-3-4-6-12-19/h7-10,13H,3-6,11-12H2,1-2H3,(H,20,22)(H,21,25)(H,23,24). The first-order valence-corrected chi connectivity index (χ1v) is 8.77. The maximum atomic E-state index is 12.6. The van der Waals surface area contributed by atoms with Crippen molar-refractivity contribution >= 4 is 23.5 Å². The molecule has 1 aromatic rings. The van der Waals surface area contributed by atoms with Crippen LogP contribution in [0.4, 0.5) is 5.69 Å². The zero-order chi connectivity index (χ0) is 18.4. The minimum Gasteiger partial charge on any atom is -0.480 e. The molecule has 1 unspecified atom stereocenters. The van der Waals surface area contributed by atoms with E-state index in [9.17, 15) is 14.4 Å². The number of hydrogen-bond donors (Lipinski definition) is 3. The summed E-state index contributed by atoms with van der Waals surface area (Å²) in [5.41, 5.74) is 0.647. The zero-order valence-electron chi connectivity index (χ0n) is 14.8. The van der Waals surface area contributed by atoms with Crippen molar-refractivity contribution in [2.75, 3.05) is 5.32 Å². The highest BCUT2D eigenvalue weighted by molar-refractivity contribution is 5.98. The van der Waals surface area contributed by atoms with Gasteiger partial charge in [0.05, 0.1) is 0 Å². The van der Waals surface area contributed by atoms with Gasteiger partial charge in [-0.25, -0.2) is 0 Å². The SMILES string of the molecule is CC(NC(=O)c1ccc(NC(=O)C2(C)CCCCCC2)cc1)C(=O)O. The topological polar surface area (TPSA) is 95.5 Å². The second kappa shape index (κ2) is 8.14. The van der Waals surface area contributed by atoms with Crippen LogP contribution in [0.25, 0.3) is 0 Å².